The molecule has 0 rings (SSSR count). The van der Waals surface area contributed by atoms with E-state index in [9.17, 15) is 0 Å². The Labute approximate surface area is 128 Å². The molecule has 4 N–H and O–H groups in total. The summed E-state index contributed by atoms with van der Waals surface area (Å²) in [6.07, 6.45) is 0. The van der Waals surface area contributed by atoms with Gasteiger partial charge in [-0.1, -0.05) is 0 Å². The van der Waals surface area contributed by atoms with Gasteiger partial charge in [-0.15, -0.1) is 0 Å². The third-order valence-corrected chi connectivity index (χ3v) is 0. The van der Waals surface area contributed by atoms with Crippen LogP contribution in [0.3, 0.4) is 0 Å². The van der Waals surface area contributed by atoms with Crippen molar-refractivity contribution in [2.24, 2.45) is 0 Å². The SMILES string of the molecule is O.O.[C-]#N.[C-]#N.[C-]#N.[C-]#N.[C-]#N.[CH-]=O.[Fe+4].[Na+]. The molecule has 0 bridgehead atoms. The van der Waals surface area contributed by atoms with Crippen molar-refractivity contribution in [1.29, 1.82) is 26.3 Å². The molecule has 0 aliphatic rings. The van der Waals surface area contributed by atoms with E-state index in [1.165, 1.54) is 0 Å². The van der Waals surface area contributed by atoms with E-state index in [2.05, 4.69) is 6.79 Å². The first kappa shape index (κ1) is 129. The van der Waals surface area contributed by atoms with Gasteiger partial charge in [0.2, 0.25) is 0 Å². The van der Waals surface area contributed by atoms with Gasteiger partial charge in [0.25, 0.3) is 0 Å². The summed E-state index contributed by atoms with van der Waals surface area (Å²) in [7, 11) is 0. The smallest absolute Gasteiger partial charge is 0.545 e. The number of rotatable bonds is 0. The molecule has 8 nitrogen and oxygen atoms in total. The number of hydrogen-bond acceptors (Lipinski definition) is 6. The largest absolute Gasteiger partial charge is 4.00 e. The van der Waals surface area contributed by atoms with Crippen LogP contribution in [0.4, 0.5) is 0 Å². The fraction of sp³-hybridized carbons (Fsp3) is 0. The Morgan fingerprint density at radius 3 is 0.562 bits per heavy atom. The second-order valence-electron chi connectivity index (χ2n) is 0. The van der Waals surface area contributed by atoms with Gasteiger partial charge in [-0.05, 0) is 0 Å². The van der Waals surface area contributed by atoms with Crippen LogP contribution >= 0.6 is 0 Å². The zero-order chi connectivity index (χ0) is 12.0. The third kappa shape index (κ3) is 809. The fourth-order valence-electron chi connectivity index (χ4n) is 0. The van der Waals surface area contributed by atoms with Crippen molar-refractivity contribution in [2.75, 3.05) is 0 Å². The van der Waals surface area contributed by atoms with Gasteiger partial charge in [0.1, 0.15) is 0 Å². The monoisotopic (exact) mass is 274 g/mol. The first-order valence-electron chi connectivity index (χ1n) is 1.35. The average molecular weight is 274 g/mol. The van der Waals surface area contributed by atoms with Gasteiger partial charge < -0.3 is 74.9 Å². The van der Waals surface area contributed by atoms with Crippen molar-refractivity contribution >= 4 is 6.79 Å². The summed E-state index contributed by atoms with van der Waals surface area (Å²) in [4.78, 5) is 7.75. The van der Waals surface area contributed by atoms with E-state index in [0.717, 1.165) is 0 Å². The van der Waals surface area contributed by atoms with Crippen molar-refractivity contribution in [1.82, 2.24) is 0 Å². The van der Waals surface area contributed by atoms with Crippen LogP contribution in [-0.2, 0) is 21.9 Å². The van der Waals surface area contributed by atoms with Crippen molar-refractivity contribution in [3.05, 3.63) is 32.9 Å². The summed E-state index contributed by atoms with van der Waals surface area (Å²) in [5.74, 6) is 0. The van der Waals surface area contributed by atoms with Crippen LogP contribution in [0.25, 0.3) is 0 Å². The molecule has 0 fully saturated rings. The molecule has 0 spiro atoms. The normalized spacial score (nSPS) is 0.875. The van der Waals surface area contributed by atoms with E-state index < -0.39 is 0 Å². The number of nitrogens with zero attached hydrogens (tertiary/aromatic N) is 5. The molecule has 0 aliphatic carbocycles. The van der Waals surface area contributed by atoms with Gasteiger partial charge in [-0.25, -0.2) is 0 Å². The predicted octanol–water partition coefficient (Wildman–Crippen LogP) is -4.44. The first-order valence-corrected chi connectivity index (χ1v) is 1.35. The maximum Gasteiger partial charge on any atom is 4.00 e. The fourth-order valence-corrected chi connectivity index (χ4v) is 0. The molecule has 0 aromatic carbocycles. The molecule has 0 aromatic rings. The summed E-state index contributed by atoms with van der Waals surface area (Å²) in [6.45, 7) is 27.0. The van der Waals surface area contributed by atoms with Gasteiger partial charge in [0.15, 0.2) is 0 Å². The number of carbonyl (C=O) groups excluding carboxylic acids is 1. The zero-order valence-electron chi connectivity index (χ0n) is 8.08. The second-order valence-corrected chi connectivity index (χ2v) is 0. The summed E-state index contributed by atoms with van der Waals surface area (Å²) < 4.78 is 0. The molecule has 10 heteroatoms. The predicted molar refractivity (Wildman–Crippen MR) is 38.8 cm³/mol. The van der Waals surface area contributed by atoms with Gasteiger partial charge in [-0.2, -0.15) is 0 Å². The second kappa shape index (κ2) is 1030. The van der Waals surface area contributed by atoms with E-state index in [1.807, 2.05) is 0 Å². The molecular formula is C6H5FeN5NaO3-. The molecule has 0 saturated heterocycles. The van der Waals surface area contributed by atoms with E-state index >= 15 is 0 Å². The van der Waals surface area contributed by atoms with Crippen LogP contribution in [0.2, 0.25) is 0 Å². The van der Waals surface area contributed by atoms with Crippen molar-refractivity contribution in [3.8, 4) is 0 Å². The van der Waals surface area contributed by atoms with Crippen LogP contribution in [0.1, 0.15) is 0 Å². The Balaban J connectivity index is -0.00000000321. The molecule has 82 valence electrons. The van der Waals surface area contributed by atoms with E-state index in [4.69, 9.17) is 64.0 Å². The van der Waals surface area contributed by atoms with E-state index in [-0.39, 0.29) is 57.6 Å². The first-order chi connectivity index (χ1) is 6.00. The quantitative estimate of drug-likeness (QED) is 0.242. The Morgan fingerprint density at radius 2 is 0.562 bits per heavy atom. The third-order valence-electron chi connectivity index (χ3n) is 0. The van der Waals surface area contributed by atoms with Crippen LogP contribution in [0, 0.1) is 59.2 Å². The van der Waals surface area contributed by atoms with Gasteiger partial charge >= 0.3 is 46.6 Å². The van der Waals surface area contributed by atoms with Gasteiger partial charge in [0.05, 0.1) is 0 Å². The molecule has 0 saturated carbocycles. The maximum atomic E-state index is 7.75. The van der Waals surface area contributed by atoms with E-state index in [0.29, 0.717) is 0 Å². The van der Waals surface area contributed by atoms with Crippen molar-refractivity contribution in [3.63, 3.8) is 0 Å². The minimum absolute atomic E-state index is 0. The Bertz CT molecular complexity index is 102. The van der Waals surface area contributed by atoms with Crippen LogP contribution < -0.4 is 29.6 Å². The molecule has 0 aromatic heterocycles. The number of hydrogen-bond donors (Lipinski definition) is 0. The zero-order valence-corrected chi connectivity index (χ0v) is 11.2. The minimum Gasteiger partial charge on any atom is -0.545 e. The Morgan fingerprint density at radius 1 is 0.562 bits per heavy atom. The molecular weight excluding hydrogens is 269 g/mol. The van der Waals surface area contributed by atoms with E-state index in [1.54, 1.807) is 0 Å². The van der Waals surface area contributed by atoms with Crippen molar-refractivity contribution in [2.45, 2.75) is 0 Å². The summed E-state index contributed by atoms with van der Waals surface area (Å²) in [5, 5.41) is 31.2. The Kier molecular flexibility index (Phi) is 8300. The molecule has 0 heterocycles. The maximum absolute atomic E-state index is 7.75. The Hall–Kier alpha value is -1.44. The summed E-state index contributed by atoms with van der Waals surface area (Å²) >= 11 is 0. The molecule has 16 heavy (non-hydrogen) atoms. The van der Waals surface area contributed by atoms with Crippen LogP contribution in [-0.4, -0.2) is 17.7 Å². The summed E-state index contributed by atoms with van der Waals surface area (Å²) in [6, 6.07) is 0. The van der Waals surface area contributed by atoms with Crippen LogP contribution in [0.15, 0.2) is 0 Å². The minimum atomic E-state index is 0. The topological polar surface area (TPSA) is 199 Å². The molecule has 0 atom stereocenters. The van der Waals surface area contributed by atoms with Gasteiger partial charge in [0, 0.05) is 0 Å². The molecule has 0 radical (unpaired) electrons. The van der Waals surface area contributed by atoms with Crippen molar-refractivity contribution < 1.29 is 62.4 Å². The molecule has 0 aliphatic heterocycles. The average Bonchev–Trinajstić information content (AvgIpc) is 2.33. The molecule has 0 amide bonds. The molecule has 0 unspecified atom stereocenters. The summed E-state index contributed by atoms with van der Waals surface area (Å²) in [5.41, 5.74) is 0. The van der Waals surface area contributed by atoms with Gasteiger partial charge in [-0.3, -0.25) is 6.79 Å². The standard InChI is InChI=1S/5CN.CHO.Fe.Na.2H2O/c6*1-2;;;;/h;;;;;1H;;;2*1H2/q6*-1;+4;+1;;. The van der Waals surface area contributed by atoms with Crippen LogP contribution in [0.5, 0.6) is 0 Å².